The number of para-hydroxylation sites is 1. The molecular weight excluding hydrogens is 312 g/mol. The smallest absolute Gasteiger partial charge is 0.335 e. The zero-order valence-electron chi connectivity index (χ0n) is 12.6. The van der Waals surface area contributed by atoms with Crippen molar-refractivity contribution < 1.29 is 24.2 Å². The van der Waals surface area contributed by atoms with Gasteiger partial charge in [0.2, 0.25) is 11.8 Å². The van der Waals surface area contributed by atoms with Crippen molar-refractivity contribution in [2.45, 2.75) is 12.8 Å². The number of aromatic carboxylic acids is 1. The number of nitrogen functional groups attached to an aromatic ring is 1. The number of benzene rings is 2. The van der Waals surface area contributed by atoms with E-state index in [9.17, 15) is 19.5 Å². The van der Waals surface area contributed by atoms with Gasteiger partial charge >= 0.3 is 5.97 Å². The monoisotopic (exact) mass is 326 g/mol. The second-order valence-electron chi connectivity index (χ2n) is 5.26. The number of anilines is 2. The van der Waals surface area contributed by atoms with Crippen LogP contribution in [0, 0.1) is 0 Å². The van der Waals surface area contributed by atoms with E-state index in [-0.39, 0.29) is 35.5 Å². The summed E-state index contributed by atoms with van der Waals surface area (Å²) >= 11 is 0. The first kappa shape index (κ1) is 15.5. The van der Waals surface area contributed by atoms with Crippen LogP contribution in [0.4, 0.5) is 11.4 Å². The number of nitrogens with two attached hydrogens (primary N) is 1. The zero-order valence-corrected chi connectivity index (χ0v) is 12.6. The van der Waals surface area contributed by atoms with E-state index in [1.807, 2.05) is 0 Å². The Bertz CT molecular complexity index is 816. The standard InChI is InChI=1S/C17H14N2O5/c18-12-8-10(17(22)23)9-13(19-14(20)6-7-15(19)21)16(12)24-11-4-2-1-3-5-11/h1-5,8-9H,6-7,18H2,(H,22,23). The van der Waals surface area contributed by atoms with E-state index in [4.69, 9.17) is 10.5 Å². The van der Waals surface area contributed by atoms with Crippen molar-refractivity contribution in [2.24, 2.45) is 0 Å². The lowest BCUT2D eigenvalue weighted by molar-refractivity contribution is -0.121. The van der Waals surface area contributed by atoms with Crippen molar-refractivity contribution in [3.63, 3.8) is 0 Å². The molecule has 0 spiro atoms. The molecule has 1 aliphatic rings. The molecule has 1 heterocycles. The number of rotatable bonds is 4. The minimum atomic E-state index is -1.21. The van der Waals surface area contributed by atoms with Crippen molar-refractivity contribution >= 4 is 29.2 Å². The minimum absolute atomic E-state index is 0.0289. The van der Waals surface area contributed by atoms with Gasteiger partial charge in [0.25, 0.3) is 0 Å². The van der Waals surface area contributed by atoms with Crippen molar-refractivity contribution in [2.75, 3.05) is 10.6 Å². The average molecular weight is 326 g/mol. The van der Waals surface area contributed by atoms with Gasteiger partial charge in [-0.05, 0) is 24.3 Å². The topological polar surface area (TPSA) is 110 Å². The molecule has 0 aromatic heterocycles. The van der Waals surface area contributed by atoms with E-state index in [1.165, 1.54) is 12.1 Å². The number of ether oxygens (including phenoxy) is 1. The molecule has 0 bridgehead atoms. The predicted octanol–water partition coefficient (Wildman–Crippen LogP) is 2.41. The second kappa shape index (κ2) is 6.04. The molecule has 1 aliphatic heterocycles. The minimum Gasteiger partial charge on any atom is -0.478 e. The molecule has 7 nitrogen and oxygen atoms in total. The van der Waals surface area contributed by atoms with E-state index in [2.05, 4.69) is 0 Å². The summed E-state index contributed by atoms with van der Waals surface area (Å²) in [6, 6.07) is 11.1. The van der Waals surface area contributed by atoms with Crippen LogP contribution in [0.25, 0.3) is 0 Å². The van der Waals surface area contributed by atoms with Crippen molar-refractivity contribution in [1.29, 1.82) is 0 Å². The van der Waals surface area contributed by atoms with Crippen LogP contribution in [0.2, 0.25) is 0 Å². The number of hydrogen-bond acceptors (Lipinski definition) is 5. The number of carboxylic acids is 1. The van der Waals surface area contributed by atoms with Gasteiger partial charge in [-0.3, -0.25) is 9.59 Å². The molecule has 122 valence electrons. The quantitative estimate of drug-likeness (QED) is 0.659. The normalized spacial score (nSPS) is 14.1. The Hall–Kier alpha value is -3.35. The highest BCUT2D eigenvalue weighted by Gasteiger charge is 2.34. The summed E-state index contributed by atoms with van der Waals surface area (Å²) in [4.78, 5) is 36.3. The Morgan fingerprint density at radius 1 is 1.08 bits per heavy atom. The van der Waals surface area contributed by atoms with Crippen LogP contribution in [-0.2, 0) is 9.59 Å². The van der Waals surface area contributed by atoms with E-state index in [0.29, 0.717) is 5.75 Å². The van der Waals surface area contributed by atoms with Crippen LogP contribution < -0.4 is 15.4 Å². The van der Waals surface area contributed by atoms with Crippen LogP contribution in [0.5, 0.6) is 11.5 Å². The van der Waals surface area contributed by atoms with Gasteiger partial charge in [0, 0.05) is 12.8 Å². The molecule has 0 unspecified atom stereocenters. The molecule has 0 saturated carbocycles. The Morgan fingerprint density at radius 2 is 1.71 bits per heavy atom. The third-order valence-electron chi connectivity index (χ3n) is 3.60. The first-order valence-electron chi connectivity index (χ1n) is 7.23. The van der Waals surface area contributed by atoms with Gasteiger partial charge in [-0.15, -0.1) is 0 Å². The molecule has 1 fully saturated rings. The number of nitrogens with zero attached hydrogens (tertiary/aromatic N) is 1. The highest BCUT2D eigenvalue weighted by atomic mass is 16.5. The van der Waals surface area contributed by atoms with Gasteiger partial charge in [0.15, 0.2) is 5.75 Å². The molecule has 0 radical (unpaired) electrons. The van der Waals surface area contributed by atoms with Gasteiger partial charge in [-0.2, -0.15) is 0 Å². The largest absolute Gasteiger partial charge is 0.478 e. The molecule has 0 aliphatic carbocycles. The Morgan fingerprint density at radius 3 is 2.29 bits per heavy atom. The Kier molecular flexibility index (Phi) is 3.91. The van der Waals surface area contributed by atoms with Crippen LogP contribution in [0.3, 0.4) is 0 Å². The van der Waals surface area contributed by atoms with E-state index in [0.717, 1.165) is 4.90 Å². The van der Waals surface area contributed by atoms with Crippen molar-refractivity contribution in [3.8, 4) is 11.5 Å². The average Bonchev–Trinajstić information content (AvgIpc) is 2.89. The van der Waals surface area contributed by atoms with E-state index >= 15 is 0 Å². The predicted molar refractivity (Wildman–Crippen MR) is 86.1 cm³/mol. The molecule has 0 atom stereocenters. The number of carboxylic acid groups (broad SMARTS) is 1. The lowest BCUT2D eigenvalue weighted by Gasteiger charge is -2.20. The molecule has 1 saturated heterocycles. The summed E-state index contributed by atoms with van der Waals surface area (Å²) in [5, 5.41) is 9.20. The third kappa shape index (κ3) is 2.79. The summed E-state index contributed by atoms with van der Waals surface area (Å²) in [6.07, 6.45) is 0.141. The molecular formula is C17H14N2O5. The summed E-state index contributed by atoms with van der Waals surface area (Å²) in [6.45, 7) is 0. The van der Waals surface area contributed by atoms with Gasteiger partial charge < -0.3 is 15.6 Å². The maximum Gasteiger partial charge on any atom is 0.335 e. The Labute approximate surface area is 137 Å². The third-order valence-corrected chi connectivity index (χ3v) is 3.60. The number of carbonyl (C=O) groups excluding carboxylic acids is 2. The first-order chi connectivity index (χ1) is 11.5. The SMILES string of the molecule is Nc1cc(C(=O)O)cc(N2C(=O)CCC2=O)c1Oc1ccccc1. The number of imide groups is 1. The number of amides is 2. The van der Waals surface area contributed by atoms with Crippen LogP contribution >= 0.6 is 0 Å². The van der Waals surface area contributed by atoms with Crippen LogP contribution in [-0.4, -0.2) is 22.9 Å². The van der Waals surface area contributed by atoms with Gasteiger partial charge in [0.05, 0.1) is 16.9 Å². The number of carbonyl (C=O) groups is 3. The molecule has 3 N–H and O–H groups in total. The molecule has 2 amide bonds. The fourth-order valence-corrected chi connectivity index (χ4v) is 2.49. The molecule has 2 aromatic carbocycles. The van der Waals surface area contributed by atoms with Gasteiger partial charge in [0.1, 0.15) is 5.75 Å². The van der Waals surface area contributed by atoms with Gasteiger partial charge in [-0.25, -0.2) is 9.69 Å². The number of hydrogen-bond donors (Lipinski definition) is 2. The fourth-order valence-electron chi connectivity index (χ4n) is 2.49. The first-order valence-corrected chi connectivity index (χ1v) is 7.23. The molecule has 24 heavy (non-hydrogen) atoms. The lowest BCUT2D eigenvalue weighted by Crippen LogP contribution is -2.29. The summed E-state index contributed by atoms with van der Waals surface area (Å²) in [7, 11) is 0. The maximum absolute atomic E-state index is 12.0. The van der Waals surface area contributed by atoms with Crippen LogP contribution in [0.1, 0.15) is 23.2 Å². The van der Waals surface area contributed by atoms with E-state index in [1.54, 1.807) is 30.3 Å². The maximum atomic E-state index is 12.0. The summed E-state index contributed by atoms with van der Waals surface area (Å²) in [5.41, 5.74) is 5.87. The highest BCUT2D eigenvalue weighted by molar-refractivity contribution is 6.21. The lowest BCUT2D eigenvalue weighted by atomic mass is 10.1. The summed E-state index contributed by atoms with van der Waals surface area (Å²) in [5.74, 6) is -1.52. The van der Waals surface area contributed by atoms with Crippen molar-refractivity contribution in [1.82, 2.24) is 0 Å². The summed E-state index contributed by atoms with van der Waals surface area (Å²) < 4.78 is 5.72. The van der Waals surface area contributed by atoms with Crippen LogP contribution in [0.15, 0.2) is 42.5 Å². The fraction of sp³-hybridized carbons (Fsp3) is 0.118. The molecule has 3 rings (SSSR count). The van der Waals surface area contributed by atoms with E-state index < -0.39 is 17.8 Å². The molecule has 7 heteroatoms. The van der Waals surface area contributed by atoms with Gasteiger partial charge in [-0.1, -0.05) is 18.2 Å². The second-order valence-corrected chi connectivity index (χ2v) is 5.26. The Balaban J connectivity index is 2.14. The molecule has 2 aromatic rings. The zero-order chi connectivity index (χ0) is 17.3. The highest BCUT2D eigenvalue weighted by Crippen LogP contribution is 2.40. The van der Waals surface area contributed by atoms with Crippen molar-refractivity contribution in [3.05, 3.63) is 48.0 Å².